The number of benzene rings is 1. The molecule has 1 aromatic heterocycles. The van der Waals surface area contributed by atoms with Crippen LogP contribution in [0.15, 0.2) is 23.1 Å². The first kappa shape index (κ1) is 19.0. The fraction of sp³-hybridized carbons (Fsp3) is 0.500. The van der Waals surface area contributed by atoms with Crippen LogP contribution < -0.4 is 4.72 Å². The third-order valence-electron chi connectivity index (χ3n) is 4.82. The van der Waals surface area contributed by atoms with Gasteiger partial charge >= 0.3 is 0 Å². The van der Waals surface area contributed by atoms with Gasteiger partial charge in [0.15, 0.2) is 0 Å². The molecule has 1 atom stereocenters. The Morgan fingerprint density at radius 3 is 2.77 bits per heavy atom. The molecule has 0 aliphatic heterocycles. The smallest absolute Gasteiger partial charge is 0.244 e. The average Bonchev–Trinajstić information content (AvgIpc) is 3.05. The predicted octanol–water partition coefficient (Wildman–Crippen LogP) is 2.17. The van der Waals surface area contributed by atoms with Gasteiger partial charge in [-0.05, 0) is 64.0 Å². The lowest BCUT2D eigenvalue weighted by Gasteiger charge is -2.15. The Morgan fingerprint density at radius 1 is 1.35 bits per heavy atom. The summed E-state index contributed by atoms with van der Waals surface area (Å²) in [5, 5.41) is 4.40. The molecule has 1 unspecified atom stereocenters. The van der Waals surface area contributed by atoms with E-state index in [0.717, 1.165) is 17.7 Å². The van der Waals surface area contributed by atoms with Crippen molar-refractivity contribution in [2.24, 2.45) is 0 Å². The molecule has 0 radical (unpaired) electrons. The minimum atomic E-state index is -3.72. The van der Waals surface area contributed by atoms with E-state index in [-0.39, 0.29) is 16.8 Å². The second-order valence-corrected chi connectivity index (χ2v) is 8.73. The molecule has 1 N–H and O–H groups in total. The van der Waals surface area contributed by atoms with Gasteiger partial charge in [-0.3, -0.25) is 4.68 Å². The van der Waals surface area contributed by atoms with Crippen LogP contribution in [-0.2, 0) is 23.0 Å². The Balaban J connectivity index is 1.86. The Hall–Kier alpha value is -1.77. The lowest BCUT2D eigenvalue weighted by atomic mass is 10.1. The normalized spacial score (nSPS) is 17.1. The third kappa shape index (κ3) is 3.67. The second kappa shape index (κ2) is 7.09. The number of aryl methyl sites for hydroxylation is 2. The Labute approximate surface area is 154 Å². The molecule has 8 heteroatoms. The van der Waals surface area contributed by atoms with Crippen LogP contribution in [0.3, 0.4) is 0 Å². The molecule has 2 aromatic rings. The van der Waals surface area contributed by atoms with Crippen molar-refractivity contribution >= 4 is 10.0 Å². The summed E-state index contributed by atoms with van der Waals surface area (Å²) >= 11 is 0. The fourth-order valence-corrected chi connectivity index (χ4v) is 5.20. The van der Waals surface area contributed by atoms with E-state index in [1.54, 1.807) is 24.6 Å². The first-order valence-corrected chi connectivity index (χ1v) is 10.2. The largest absolute Gasteiger partial charge is 0.308 e. The van der Waals surface area contributed by atoms with Crippen molar-refractivity contribution < 1.29 is 12.8 Å². The third-order valence-corrected chi connectivity index (χ3v) is 6.55. The van der Waals surface area contributed by atoms with Crippen LogP contribution in [0.4, 0.5) is 4.39 Å². The standard InChI is InChI=1S/C18H25FN4O2S/c1-12-18(13(2)23(20-12)10-9-22(3)4)26(24,25)21-17-8-5-14-11-15(19)6-7-16(14)17/h6-7,11,17,21H,5,8-10H2,1-4H3. The predicted molar refractivity (Wildman–Crippen MR) is 98.0 cm³/mol. The zero-order chi connectivity index (χ0) is 19.1. The highest BCUT2D eigenvalue weighted by atomic mass is 32.2. The lowest BCUT2D eigenvalue weighted by molar-refractivity contribution is 0.370. The van der Waals surface area contributed by atoms with Gasteiger partial charge in [0.1, 0.15) is 10.7 Å². The van der Waals surface area contributed by atoms with Crippen LogP contribution in [0.2, 0.25) is 0 Å². The van der Waals surface area contributed by atoms with Crippen molar-refractivity contribution in [3.8, 4) is 0 Å². The van der Waals surface area contributed by atoms with Crippen molar-refractivity contribution in [3.05, 3.63) is 46.5 Å². The number of sulfonamides is 1. The number of nitrogens with zero attached hydrogens (tertiary/aromatic N) is 3. The summed E-state index contributed by atoms with van der Waals surface area (Å²) in [5.41, 5.74) is 2.85. The summed E-state index contributed by atoms with van der Waals surface area (Å²) in [7, 11) is 0.211. The summed E-state index contributed by atoms with van der Waals surface area (Å²) in [5.74, 6) is -0.291. The first-order chi connectivity index (χ1) is 12.2. The summed E-state index contributed by atoms with van der Waals surface area (Å²) < 4.78 is 43.9. The van der Waals surface area contributed by atoms with Crippen LogP contribution in [0.5, 0.6) is 0 Å². The highest BCUT2D eigenvalue weighted by Gasteiger charge is 2.31. The van der Waals surface area contributed by atoms with E-state index in [1.165, 1.54) is 12.1 Å². The van der Waals surface area contributed by atoms with Gasteiger partial charge in [0.25, 0.3) is 0 Å². The molecule has 0 bridgehead atoms. The molecular formula is C18H25FN4O2S. The number of hydrogen-bond donors (Lipinski definition) is 1. The van der Waals surface area contributed by atoms with Crippen molar-refractivity contribution in [1.82, 2.24) is 19.4 Å². The molecule has 1 aromatic carbocycles. The quantitative estimate of drug-likeness (QED) is 0.834. The molecule has 6 nitrogen and oxygen atoms in total. The maximum Gasteiger partial charge on any atom is 0.244 e. The Morgan fingerprint density at radius 2 is 2.08 bits per heavy atom. The van der Waals surface area contributed by atoms with Crippen LogP contribution in [0.1, 0.15) is 35.0 Å². The molecule has 0 saturated heterocycles. The number of fused-ring (bicyclic) bond motifs is 1. The minimum absolute atomic E-state index is 0.242. The molecule has 0 saturated carbocycles. The fourth-order valence-electron chi connectivity index (χ4n) is 3.54. The van der Waals surface area contributed by atoms with E-state index in [2.05, 4.69) is 9.82 Å². The summed E-state index contributed by atoms with van der Waals surface area (Å²) in [6.45, 7) is 4.89. The van der Waals surface area contributed by atoms with Crippen LogP contribution in [-0.4, -0.2) is 43.7 Å². The Kier molecular flexibility index (Phi) is 5.18. The monoisotopic (exact) mass is 380 g/mol. The summed E-state index contributed by atoms with van der Waals surface area (Å²) in [6, 6.07) is 4.20. The van der Waals surface area contributed by atoms with Crippen LogP contribution >= 0.6 is 0 Å². The molecule has 3 rings (SSSR count). The van der Waals surface area contributed by atoms with Crippen LogP contribution in [0, 0.1) is 19.7 Å². The van der Waals surface area contributed by atoms with Gasteiger partial charge in [-0.2, -0.15) is 5.10 Å². The number of nitrogens with one attached hydrogen (secondary N) is 1. The summed E-state index contributed by atoms with van der Waals surface area (Å²) in [6.07, 6.45) is 1.30. The van der Waals surface area contributed by atoms with E-state index in [1.807, 2.05) is 19.0 Å². The van der Waals surface area contributed by atoms with Gasteiger partial charge in [-0.25, -0.2) is 17.5 Å². The van der Waals surface area contributed by atoms with E-state index in [9.17, 15) is 12.8 Å². The molecule has 0 amide bonds. The van der Waals surface area contributed by atoms with Crippen molar-refractivity contribution in [1.29, 1.82) is 0 Å². The molecule has 1 aliphatic rings. The first-order valence-electron chi connectivity index (χ1n) is 8.68. The van der Waals surface area contributed by atoms with E-state index < -0.39 is 10.0 Å². The van der Waals surface area contributed by atoms with Crippen molar-refractivity contribution in [2.75, 3.05) is 20.6 Å². The number of hydrogen-bond acceptors (Lipinski definition) is 4. The van der Waals surface area contributed by atoms with Crippen LogP contribution in [0.25, 0.3) is 0 Å². The number of likely N-dealkylation sites (N-methyl/N-ethyl adjacent to an activating group) is 1. The second-order valence-electron chi connectivity index (χ2n) is 7.08. The molecule has 1 heterocycles. The number of halogens is 1. The molecule has 142 valence electrons. The summed E-state index contributed by atoms with van der Waals surface area (Å²) in [4.78, 5) is 2.27. The molecule has 0 fully saturated rings. The Bertz CT molecular complexity index is 922. The van der Waals surface area contributed by atoms with Gasteiger partial charge in [-0.15, -0.1) is 0 Å². The molecule has 26 heavy (non-hydrogen) atoms. The topological polar surface area (TPSA) is 67.2 Å². The zero-order valence-electron chi connectivity index (χ0n) is 15.6. The van der Waals surface area contributed by atoms with Gasteiger partial charge in [0.05, 0.1) is 17.9 Å². The molecule has 1 aliphatic carbocycles. The molecule has 0 spiro atoms. The minimum Gasteiger partial charge on any atom is -0.308 e. The SMILES string of the molecule is Cc1nn(CCN(C)C)c(C)c1S(=O)(=O)NC1CCc2cc(F)ccc21. The van der Waals surface area contributed by atoms with E-state index in [4.69, 9.17) is 0 Å². The number of rotatable bonds is 6. The zero-order valence-corrected chi connectivity index (χ0v) is 16.4. The van der Waals surface area contributed by atoms with Gasteiger partial charge < -0.3 is 4.90 Å². The maximum absolute atomic E-state index is 13.4. The van der Waals surface area contributed by atoms with Crippen molar-refractivity contribution in [3.63, 3.8) is 0 Å². The highest BCUT2D eigenvalue weighted by Crippen LogP contribution is 2.33. The van der Waals surface area contributed by atoms with Crippen molar-refractivity contribution in [2.45, 2.75) is 44.2 Å². The number of aromatic nitrogens is 2. The van der Waals surface area contributed by atoms with Gasteiger partial charge in [0.2, 0.25) is 10.0 Å². The highest BCUT2D eigenvalue weighted by molar-refractivity contribution is 7.89. The van der Waals surface area contributed by atoms with Gasteiger partial charge in [0, 0.05) is 12.6 Å². The van der Waals surface area contributed by atoms with E-state index >= 15 is 0 Å². The van der Waals surface area contributed by atoms with E-state index in [0.29, 0.717) is 30.8 Å². The average molecular weight is 380 g/mol. The maximum atomic E-state index is 13.4. The molecular weight excluding hydrogens is 355 g/mol. The lowest BCUT2D eigenvalue weighted by Crippen LogP contribution is -2.28. The van der Waals surface area contributed by atoms with Gasteiger partial charge in [-0.1, -0.05) is 6.07 Å².